The number of thioether (sulfide) groups is 1. The largest absolute Gasteiger partial charge is 0.387 e. The highest BCUT2D eigenvalue weighted by Crippen LogP contribution is 2.26. The third kappa shape index (κ3) is 5.55. The lowest BCUT2D eigenvalue weighted by Crippen LogP contribution is -2.46. The summed E-state index contributed by atoms with van der Waals surface area (Å²) < 4.78 is 13.0. The summed E-state index contributed by atoms with van der Waals surface area (Å²) in [4.78, 5) is 11.6. The highest BCUT2D eigenvalue weighted by molar-refractivity contribution is 7.99. The van der Waals surface area contributed by atoms with Crippen LogP contribution < -0.4 is 10.6 Å². The van der Waals surface area contributed by atoms with E-state index in [1.807, 2.05) is 6.07 Å². The van der Waals surface area contributed by atoms with E-state index in [4.69, 9.17) is 0 Å². The zero-order chi connectivity index (χ0) is 15.1. The second kappa shape index (κ2) is 7.66. The second-order valence-electron chi connectivity index (χ2n) is 5.37. The molecule has 1 fully saturated rings. The molecule has 1 aromatic carbocycles. The number of aliphatic hydroxyl groups is 1. The molecular formula is C15H21FN2O2S. The number of rotatable bonds is 6. The van der Waals surface area contributed by atoms with Gasteiger partial charge in [0, 0.05) is 18.8 Å². The number of benzene rings is 1. The smallest absolute Gasteiger partial charge is 0.314 e. The third-order valence-electron chi connectivity index (χ3n) is 3.48. The van der Waals surface area contributed by atoms with Crippen LogP contribution in [0, 0.1) is 5.82 Å². The van der Waals surface area contributed by atoms with E-state index >= 15 is 0 Å². The maximum absolute atomic E-state index is 13.0. The number of aryl methyl sites for hydroxylation is 1. The Balaban J connectivity index is 1.59. The van der Waals surface area contributed by atoms with Gasteiger partial charge in [0.25, 0.3) is 0 Å². The molecule has 0 saturated carbocycles. The summed E-state index contributed by atoms with van der Waals surface area (Å²) >= 11 is 1.70. The molecule has 2 amide bonds. The van der Waals surface area contributed by atoms with Crippen molar-refractivity contribution < 1.29 is 14.3 Å². The molecule has 0 aliphatic carbocycles. The van der Waals surface area contributed by atoms with Gasteiger partial charge >= 0.3 is 6.03 Å². The van der Waals surface area contributed by atoms with Crippen molar-refractivity contribution in [2.75, 3.05) is 24.6 Å². The predicted molar refractivity (Wildman–Crippen MR) is 83.0 cm³/mol. The van der Waals surface area contributed by atoms with Gasteiger partial charge in [-0.2, -0.15) is 11.8 Å². The molecule has 1 aliphatic heterocycles. The molecule has 21 heavy (non-hydrogen) atoms. The molecule has 0 radical (unpaired) electrons. The second-order valence-corrected chi connectivity index (χ2v) is 6.48. The van der Waals surface area contributed by atoms with Crippen LogP contribution in [0.3, 0.4) is 0 Å². The van der Waals surface area contributed by atoms with E-state index < -0.39 is 5.60 Å². The minimum absolute atomic E-state index is 0.235. The molecule has 0 bridgehead atoms. The maximum atomic E-state index is 13.0. The third-order valence-corrected chi connectivity index (χ3v) is 4.71. The lowest BCUT2D eigenvalue weighted by molar-refractivity contribution is 0.0700. The molecule has 1 aromatic rings. The standard InChI is InChI=1S/C15H21FN2O2S/c16-13-5-1-3-12(9-13)4-2-7-17-14(19)18-10-15(20)6-8-21-11-15/h1,3,5,9,20H,2,4,6-8,10-11H2,(H2,17,18,19). The molecule has 3 N–H and O–H groups in total. The molecule has 0 aromatic heterocycles. The molecular weight excluding hydrogens is 291 g/mol. The van der Waals surface area contributed by atoms with E-state index in [0.29, 0.717) is 12.3 Å². The Morgan fingerprint density at radius 1 is 1.43 bits per heavy atom. The van der Waals surface area contributed by atoms with Gasteiger partial charge in [-0.3, -0.25) is 0 Å². The summed E-state index contributed by atoms with van der Waals surface area (Å²) in [6, 6.07) is 6.22. The van der Waals surface area contributed by atoms with Crippen molar-refractivity contribution in [1.82, 2.24) is 10.6 Å². The SMILES string of the molecule is O=C(NCCCc1cccc(F)c1)NCC1(O)CCSC1. The van der Waals surface area contributed by atoms with Crippen LogP contribution >= 0.6 is 11.8 Å². The van der Waals surface area contributed by atoms with Crippen LogP contribution in [0.25, 0.3) is 0 Å². The van der Waals surface area contributed by atoms with E-state index in [0.717, 1.165) is 30.6 Å². The topological polar surface area (TPSA) is 61.4 Å². The molecule has 1 aliphatic rings. The van der Waals surface area contributed by atoms with Crippen LogP contribution in [0.5, 0.6) is 0 Å². The number of nitrogens with one attached hydrogen (secondary N) is 2. The molecule has 1 saturated heterocycles. The summed E-state index contributed by atoms with van der Waals surface area (Å²) in [5.74, 6) is 1.38. The lowest BCUT2D eigenvalue weighted by atomic mass is 10.0. The first-order valence-corrected chi connectivity index (χ1v) is 8.29. The number of hydrogen-bond donors (Lipinski definition) is 3. The Labute approximate surface area is 128 Å². The van der Waals surface area contributed by atoms with Gasteiger partial charge in [0.15, 0.2) is 0 Å². The van der Waals surface area contributed by atoms with Crippen LogP contribution in [-0.4, -0.2) is 41.3 Å². The number of hydrogen-bond acceptors (Lipinski definition) is 3. The van der Waals surface area contributed by atoms with Crippen molar-refractivity contribution in [3.05, 3.63) is 35.6 Å². The van der Waals surface area contributed by atoms with E-state index in [1.165, 1.54) is 12.1 Å². The van der Waals surface area contributed by atoms with Gasteiger partial charge in [-0.25, -0.2) is 9.18 Å². The number of halogens is 1. The van der Waals surface area contributed by atoms with Crippen molar-refractivity contribution >= 4 is 17.8 Å². The molecule has 6 heteroatoms. The van der Waals surface area contributed by atoms with Crippen LogP contribution in [0.4, 0.5) is 9.18 Å². The number of carbonyl (C=O) groups is 1. The molecule has 1 atom stereocenters. The average molecular weight is 312 g/mol. The lowest BCUT2D eigenvalue weighted by Gasteiger charge is -2.21. The Bertz CT molecular complexity index is 478. The quantitative estimate of drug-likeness (QED) is 0.703. The summed E-state index contributed by atoms with van der Waals surface area (Å²) in [5.41, 5.74) is 0.165. The van der Waals surface area contributed by atoms with Gasteiger partial charge in [0.05, 0.1) is 5.60 Å². The van der Waals surface area contributed by atoms with Crippen molar-refractivity contribution in [3.63, 3.8) is 0 Å². The summed E-state index contributed by atoms with van der Waals surface area (Å²) in [5, 5.41) is 15.5. The van der Waals surface area contributed by atoms with E-state index in [1.54, 1.807) is 17.8 Å². The molecule has 0 spiro atoms. The van der Waals surface area contributed by atoms with Gasteiger partial charge < -0.3 is 15.7 Å². The fourth-order valence-electron chi connectivity index (χ4n) is 2.23. The predicted octanol–water partition coefficient (Wildman–Crippen LogP) is 1.93. The number of carbonyl (C=O) groups excluding carboxylic acids is 1. The fraction of sp³-hybridized carbons (Fsp3) is 0.533. The van der Waals surface area contributed by atoms with Crippen LogP contribution in [0.15, 0.2) is 24.3 Å². The Hall–Kier alpha value is -1.27. The molecule has 2 rings (SSSR count). The summed E-state index contributed by atoms with van der Waals surface area (Å²) in [6.45, 7) is 0.811. The summed E-state index contributed by atoms with van der Waals surface area (Å²) in [6.07, 6.45) is 2.19. The minimum Gasteiger partial charge on any atom is -0.387 e. The van der Waals surface area contributed by atoms with E-state index in [-0.39, 0.29) is 18.4 Å². The molecule has 1 heterocycles. The van der Waals surface area contributed by atoms with Crippen LogP contribution in [0.2, 0.25) is 0 Å². The Morgan fingerprint density at radius 3 is 3.00 bits per heavy atom. The minimum atomic E-state index is -0.760. The maximum Gasteiger partial charge on any atom is 0.314 e. The van der Waals surface area contributed by atoms with Crippen molar-refractivity contribution in [1.29, 1.82) is 0 Å². The Kier molecular flexibility index (Phi) is 5.87. The first-order valence-electron chi connectivity index (χ1n) is 7.14. The van der Waals surface area contributed by atoms with Crippen LogP contribution in [0.1, 0.15) is 18.4 Å². The van der Waals surface area contributed by atoms with Gasteiger partial charge in [-0.1, -0.05) is 12.1 Å². The van der Waals surface area contributed by atoms with Crippen molar-refractivity contribution in [3.8, 4) is 0 Å². The first-order chi connectivity index (χ1) is 10.1. The molecule has 1 unspecified atom stereocenters. The monoisotopic (exact) mass is 312 g/mol. The van der Waals surface area contributed by atoms with Gasteiger partial charge in [-0.05, 0) is 42.7 Å². The van der Waals surface area contributed by atoms with Crippen molar-refractivity contribution in [2.24, 2.45) is 0 Å². The van der Waals surface area contributed by atoms with Gasteiger partial charge in [-0.15, -0.1) is 0 Å². The van der Waals surface area contributed by atoms with Crippen molar-refractivity contribution in [2.45, 2.75) is 24.9 Å². The highest BCUT2D eigenvalue weighted by Gasteiger charge is 2.31. The average Bonchev–Trinajstić information content (AvgIpc) is 2.89. The summed E-state index contributed by atoms with van der Waals surface area (Å²) in [7, 11) is 0. The van der Waals surface area contributed by atoms with Crippen LogP contribution in [-0.2, 0) is 6.42 Å². The zero-order valence-corrected chi connectivity index (χ0v) is 12.7. The van der Waals surface area contributed by atoms with E-state index in [9.17, 15) is 14.3 Å². The zero-order valence-electron chi connectivity index (χ0n) is 11.9. The first kappa shape index (κ1) is 16.1. The Morgan fingerprint density at radius 2 is 2.29 bits per heavy atom. The molecule has 4 nitrogen and oxygen atoms in total. The normalized spacial score (nSPS) is 21.2. The number of urea groups is 1. The van der Waals surface area contributed by atoms with Gasteiger partial charge in [0.2, 0.25) is 0 Å². The van der Waals surface area contributed by atoms with Gasteiger partial charge in [0.1, 0.15) is 5.82 Å². The van der Waals surface area contributed by atoms with E-state index in [2.05, 4.69) is 10.6 Å². The fourth-order valence-corrected chi connectivity index (χ4v) is 3.53. The highest BCUT2D eigenvalue weighted by atomic mass is 32.2. The molecule has 116 valence electrons. The number of amides is 2.